The second-order valence-corrected chi connectivity index (χ2v) is 4.33. The molecule has 0 bridgehead atoms. The molecule has 3 unspecified atom stereocenters. The minimum absolute atomic E-state index is 0.321. The highest BCUT2D eigenvalue weighted by Crippen LogP contribution is 2.11. The summed E-state index contributed by atoms with van der Waals surface area (Å²) in [5, 5.41) is 18.2. The molecule has 0 aliphatic carbocycles. The van der Waals surface area contributed by atoms with Gasteiger partial charge in [-0.15, -0.1) is 0 Å². The lowest BCUT2D eigenvalue weighted by Gasteiger charge is -2.11. The van der Waals surface area contributed by atoms with Crippen molar-refractivity contribution >= 4 is 11.0 Å². The fourth-order valence-corrected chi connectivity index (χ4v) is 2.09. The fourth-order valence-electron chi connectivity index (χ4n) is 1.08. The fraction of sp³-hybridized carbons (Fsp3) is 1.00. The summed E-state index contributed by atoms with van der Waals surface area (Å²) in [6.07, 6.45) is -1.46. The quantitative estimate of drug-likeness (QED) is 0.554. The van der Waals surface area contributed by atoms with Crippen molar-refractivity contribution in [2.75, 3.05) is 18.8 Å². The van der Waals surface area contributed by atoms with Crippen molar-refractivity contribution in [3.63, 3.8) is 0 Å². The first-order valence-electron chi connectivity index (χ1n) is 3.64. The monoisotopic (exact) mass is 179 g/mol. The molecule has 0 saturated carbocycles. The van der Waals surface area contributed by atoms with Crippen LogP contribution in [0.2, 0.25) is 0 Å². The Bertz CT molecular complexity index is 154. The molecule has 1 heterocycles. The van der Waals surface area contributed by atoms with Crippen LogP contribution in [-0.4, -0.2) is 49.8 Å². The Hall–Kier alpha value is 0.0300. The minimum atomic E-state index is -1.03. The predicted octanol–water partition coefficient (Wildman–Crippen LogP) is -1.29. The van der Waals surface area contributed by atoms with Gasteiger partial charge in [0.25, 0.3) is 0 Å². The van der Waals surface area contributed by atoms with Gasteiger partial charge < -0.3 is 10.2 Å². The number of hydrogen-bond donors (Lipinski definition) is 2. The minimum Gasteiger partial charge on any atom is -0.389 e. The number of rotatable bonds is 2. The Morgan fingerprint density at radius 2 is 1.91 bits per heavy atom. The molecule has 1 rings (SSSR count). The van der Waals surface area contributed by atoms with Gasteiger partial charge in [0.15, 0.2) is 0 Å². The number of hydrogen-bond acceptors (Lipinski definition) is 3. The molecule has 2 N–H and O–H groups in total. The highest BCUT2D eigenvalue weighted by atomic mass is 32.2. The normalized spacial score (nSPS) is 35.9. The van der Waals surface area contributed by atoms with Gasteiger partial charge in [0, 0.05) is 18.8 Å². The number of aliphatic hydroxyl groups is 2. The van der Waals surface area contributed by atoms with Crippen LogP contribution in [0.3, 0.4) is 0 Å². The third kappa shape index (κ3) is 1.99. The highest BCUT2D eigenvalue weighted by Gasteiger charge is 2.31. The summed E-state index contributed by atoms with van der Waals surface area (Å²) in [6, 6.07) is 0. The number of β-amino-alcohol motifs (C(OH)–C–C–N with tert-alkyl or cyclic N) is 2. The van der Waals surface area contributed by atoms with E-state index in [-0.39, 0.29) is 0 Å². The van der Waals surface area contributed by atoms with Crippen LogP contribution >= 0.6 is 0 Å². The van der Waals surface area contributed by atoms with Gasteiger partial charge in [-0.05, 0) is 0 Å². The SMILES string of the molecule is CCS(=O)N1CC(O)C(O)C1. The number of aliphatic hydroxyl groups excluding tert-OH is 2. The maximum absolute atomic E-state index is 11.1. The summed E-state index contributed by atoms with van der Waals surface area (Å²) in [4.78, 5) is 0. The Kier molecular flexibility index (Phi) is 3.00. The average molecular weight is 179 g/mol. The van der Waals surface area contributed by atoms with Crippen LogP contribution in [0.4, 0.5) is 0 Å². The van der Waals surface area contributed by atoms with Crippen LogP contribution in [0.5, 0.6) is 0 Å². The first-order valence-corrected chi connectivity index (χ1v) is 4.92. The Balaban J connectivity index is 2.46. The molecule has 0 aromatic rings. The van der Waals surface area contributed by atoms with Gasteiger partial charge in [-0.25, -0.2) is 8.51 Å². The smallest absolute Gasteiger partial charge is 0.0948 e. The summed E-state index contributed by atoms with van der Waals surface area (Å²) >= 11 is 0. The Labute approximate surface area is 68.4 Å². The van der Waals surface area contributed by atoms with Crippen molar-refractivity contribution in [1.29, 1.82) is 0 Å². The Morgan fingerprint density at radius 3 is 2.27 bits per heavy atom. The van der Waals surface area contributed by atoms with Crippen molar-refractivity contribution in [3.8, 4) is 0 Å². The second kappa shape index (κ2) is 3.62. The van der Waals surface area contributed by atoms with Gasteiger partial charge in [-0.2, -0.15) is 0 Å². The van der Waals surface area contributed by atoms with E-state index in [2.05, 4.69) is 0 Å². The van der Waals surface area contributed by atoms with Crippen LogP contribution in [0.1, 0.15) is 6.92 Å². The molecule has 3 atom stereocenters. The summed E-state index contributed by atoms with van der Waals surface area (Å²) < 4.78 is 12.7. The summed E-state index contributed by atoms with van der Waals surface area (Å²) in [5.41, 5.74) is 0. The standard InChI is InChI=1S/C6H13NO3S/c1-2-11(10)7-3-5(8)6(9)4-7/h5-6,8-9H,2-4H2,1H3. The largest absolute Gasteiger partial charge is 0.389 e. The van der Waals surface area contributed by atoms with Gasteiger partial charge in [0.2, 0.25) is 0 Å². The van der Waals surface area contributed by atoms with Gasteiger partial charge in [0.1, 0.15) is 0 Å². The second-order valence-electron chi connectivity index (χ2n) is 2.59. The van der Waals surface area contributed by atoms with Crippen molar-refractivity contribution in [1.82, 2.24) is 4.31 Å². The zero-order valence-electron chi connectivity index (χ0n) is 6.43. The third-order valence-corrected chi connectivity index (χ3v) is 3.13. The van der Waals surface area contributed by atoms with E-state index in [0.717, 1.165) is 0 Å². The summed E-state index contributed by atoms with van der Waals surface area (Å²) in [7, 11) is -1.03. The van der Waals surface area contributed by atoms with Crippen molar-refractivity contribution < 1.29 is 14.4 Å². The topological polar surface area (TPSA) is 60.8 Å². The summed E-state index contributed by atoms with van der Waals surface area (Å²) in [5.74, 6) is 0.541. The highest BCUT2D eigenvalue weighted by molar-refractivity contribution is 7.82. The van der Waals surface area contributed by atoms with E-state index in [1.54, 1.807) is 4.31 Å². The van der Waals surface area contributed by atoms with E-state index in [0.29, 0.717) is 18.8 Å². The molecule has 5 heteroatoms. The zero-order chi connectivity index (χ0) is 8.43. The molecule has 1 saturated heterocycles. The molecule has 66 valence electrons. The van der Waals surface area contributed by atoms with Crippen LogP contribution in [0.15, 0.2) is 0 Å². The predicted molar refractivity (Wildman–Crippen MR) is 42.3 cm³/mol. The van der Waals surface area contributed by atoms with Gasteiger partial charge in [-0.3, -0.25) is 0 Å². The van der Waals surface area contributed by atoms with Gasteiger partial charge in [0.05, 0.1) is 23.2 Å². The van der Waals surface area contributed by atoms with E-state index in [9.17, 15) is 4.21 Å². The summed E-state index contributed by atoms with van der Waals surface area (Å²) in [6.45, 7) is 2.45. The van der Waals surface area contributed by atoms with Crippen LogP contribution in [-0.2, 0) is 11.0 Å². The third-order valence-electron chi connectivity index (χ3n) is 1.76. The van der Waals surface area contributed by atoms with E-state index in [4.69, 9.17) is 10.2 Å². The first kappa shape index (κ1) is 9.12. The molecule has 0 amide bonds. The molecule has 0 aromatic carbocycles. The zero-order valence-corrected chi connectivity index (χ0v) is 7.25. The van der Waals surface area contributed by atoms with Gasteiger partial charge in [-0.1, -0.05) is 6.92 Å². The molecule has 0 radical (unpaired) electrons. The van der Waals surface area contributed by atoms with Crippen molar-refractivity contribution in [3.05, 3.63) is 0 Å². The molecule has 1 aliphatic rings. The average Bonchev–Trinajstić information content (AvgIpc) is 2.31. The van der Waals surface area contributed by atoms with Crippen LogP contribution < -0.4 is 0 Å². The van der Waals surface area contributed by atoms with E-state index < -0.39 is 23.2 Å². The maximum atomic E-state index is 11.1. The molecule has 11 heavy (non-hydrogen) atoms. The maximum Gasteiger partial charge on any atom is 0.0948 e. The molecule has 4 nitrogen and oxygen atoms in total. The Morgan fingerprint density at radius 1 is 1.45 bits per heavy atom. The number of nitrogens with zero attached hydrogens (tertiary/aromatic N) is 1. The molecule has 1 aliphatic heterocycles. The van der Waals surface area contributed by atoms with Crippen LogP contribution in [0, 0.1) is 0 Å². The van der Waals surface area contributed by atoms with Crippen LogP contribution in [0.25, 0.3) is 0 Å². The van der Waals surface area contributed by atoms with Crippen molar-refractivity contribution in [2.45, 2.75) is 19.1 Å². The molecule has 0 spiro atoms. The first-order chi connectivity index (χ1) is 5.15. The van der Waals surface area contributed by atoms with E-state index >= 15 is 0 Å². The lowest BCUT2D eigenvalue weighted by atomic mass is 10.3. The molecular formula is C6H13NO3S. The van der Waals surface area contributed by atoms with Crippen molar-refractivity contribution in [2.24, 2.45) is 0 Å². The molecular weight excluding hydrogens is 166 g/mol. The molecule has 1 fully saturated rings. The van der Waals surface area contributed by atoms with E-state index in [1.807, 2.05) is 6.92 Å². The van der Waals surface area contributed by atoms with Gasteiger partial charge >= 0.3 is 0 Å². The lowest BCUT2D eigenvalue weighted by Crippen LogP contribution is -2.25. The van der Waals surface area contributed by atoms with E-state index in [1.165, 1.54) is 0 Å². The lowest BCUT2D eigenvalue weighted by molar-refractivity contribution is 0.0572. The molecule has 0 aromatic heterocycles.